The van der Waals surface area contributed by atoms with Gasteiger partial charge in [-0.25, -0.2) is 0 Å². The molecule has 0 aliphatic carbocycles. The van der Waals surface area contributed by atoms with Gasteiger partial charge in [-0.05, 0) is 18.6 Å². The zero-order valence-corrected chi connectivity index (χ0v) is 12.8. The molecule has 1 aromatic carbocycles. The van der Waals surface area contributed by atoms with Crippen LogP contribution in [0.15, 0.2) is 18.2 Å². The second kappa shape index (κ2) is 6.10. The first-order valence-electron chi connectivity index (χ1n) is 6.91. The van der Waals surface area contributed by atoms with Crippen LogP contribution >= 0.6 is 0 Å². The molecule has 130 valence electrons. The number of carbonyl (C=O) groups is 2. The number of benzene rings is 1. The molecule has 1 aliphatic heterocycles. The van der Waals surface area contributed by atoms with Gasteiger partial charge in [-0.2, -0.15) is 13.2 Å². The van der Waals surface area contributed by atoms with Gasteiger partial charge in [-0.3, -0.25) is 19.7 Å². The van der Waals surface area contributed by atoms with Crippen molar-refractivity contribution in [2.45, 2.75) is 18.6 Å². The van der Waals surface area contributed by atoms with Gasteiger partial charge in [0.05, 0.1) is 10.5 Å². The number of likely N-dealkylation sites (N-methyl/N-ethyl adjacent to an activating group) is 2. The number of nitrogens with zero attached hydrogens (tertiary/aromatic N) is 3. The molecule has 1 aliphatic rings. The first-order valence-corrected chi connectivity index (χ1v) is 6.91. The topological polar surface area (TPSA) is 83.8 Å². The van der Waals surface area contributed by atoms with Crippen LogP contribution < -0.4 is 0 Å². The molecule has 7 nitrogen and oxygen atoms in total. The second-order valence-corrected chi connectivity index (χ2v) is 5.47. The quantitative estimate of drug-likeness (QED) is 0.619. The summed E-state index contributed by atoms with van der Waals surface area (Å²) in [7, 11) is 2.85. The van der Waals surface area contributed by atoms with E-state index in [9.17, 15) is 32.9 Å². The van der Waals surface area contributed by atoms with Crippen LogP contribution in [0.3, 0.4) is 0 Å². The average Bonchev–Trinajstić information content (AvgIpc) is 2.84. The average molecular weight is 345 g/mol. The summed E-state index contributed by atoms with van der Waals surface area (Å²) in [6, 6.07) is 0.910. The number of rotatable bonds is 3. The first kappa shape index (κ1) is 17.7. The summed E-state index contributed by atoms with van der Waals surface area (Å²) in [4.78, 5) is 36.8. The fourth-order valence-corrected chi connectivity index (χ4v) is 2.53. The molecule has 0 aromatic heterocycles. The van der Waals surface area contributed by atoms with Gasteiger partial charge < -0.3 is 9.80 Å². The first-order chi connectivity index (χ1) is 11.0. The van der Waals surface area contributed by atoms with Crippen molar-refractivity contribution in [1.82, 2.24) is 9.80 Å². The molecule has 0 saturated carbocycles. The van der Waals surface area contributed by atoms with Crippen molar-refractivity contribution in [2.24, 2.45) is 0 Å². The molecule has 1 saturated heterocycles. The Kier molecular flexibility index (Phi) is 4.50. The summed E-state index contributed by atoms with van der Waals surface area (Å²) in [5.41, 5.74) is -2.65. The van der Waals surface area contributed by atoms with Crippen molar-refractivity contribution >= 4 is 17.5 Å². The van der Waals surface area contributed by atoms with E-state index in [1.807, 2.05) is 0 Å². The number of alkyl halides is 3. The molecule has 24 heavy (non-hydrogen) atoms. The number of hydrogen-bond acceptors (Lipinski definition) is 4. The molecule has 0 bridgehead atoms. The Morgan fingerprint density at radius 3 is 2.50 bits per heavy atom. The molecule has 1 unspecified atom stereocenters. The standard InChI is InChI=1S/C14H14F3N3O4/c1-18-6-5-10(13(18)22)19(2)12(21)9-4-3-8(14(15,16)17)7-11(9)20(23)24/h3-4,7,10H,5-6H2,1-2H3. The molecular weight excluding hydrogens is 331 g/mol. The SMILES string of the molecule is CN1CCC(N(C)C(=O)c2ccc(C(F)(F)F)cc2[N+](=O)[O-])C1=O. The van der Waals surface area contributed by atoms with E-state index in [1.54, 1.807) is 7.05 Å². The van der Waals surface area contributed by atoms with E-state index < -0.39 is 39.9 Å². The molecule has 1 aromatic rings. The number of likely N-dealkylation sites (tertiary alicyclic amines) is 1. The van der Waals surface area contributed by atoms with Crippen molar-refractivity contribution < 1.29 is 27.7 Å². The fraction of sp³-hybridized carbons (Fsp3) is 0.429. The molecule has 10 heteroatoms. The largest absolute Gasteiger partial charge is 0.416 e. The molecule has 2 rings (SSSR count). The lowest BCUT2D eigenvalue weighted by Crippen LogP contribution is -2.42. The van der Waals surface area contributed by atoms with Crippen LogP contribution in [0.4, 0.5) is 18.9 Å². The van der Waals surface area contributed by atoms with Crippen LogP contribution in [-0.2, 0) is 11.0 Å². The van der Waals surface area contributed by atoms with E-state index in [4.69, 9.17) is 0 Å². The highest BCUT2D eigenvalue weighted by Gasteiger charge is 2.38. The predicted octanol–water partition coefficient (Wildman–Crippen LogP) is 1.92. The van der Waals surface area contributed by atoms with E-state index in [1.165, 1.54) is 11.9 Å². The molecule has 1 fully saturated rings. The zero-order valence-electron chi connectivity index (χ0n) is 12.8. The number of halogens is 3. The smallest absolute Gasteiger partial charge is 0.344 e. The van der Waals surface area contributed by atoms with E-state index in [-0.39, 0.29) is 5.91 Å². The minimum absolute atomic E-state index is 0.319. The second-order valence-electron chi connectivity index (χ2n) is 5.47. The Morgan fingerprint density at radius 2 is 2.04 bits per heavy atom. The maximum absolute atomic E-state index is 12.7. The fourth-order valence-electron chi connectivity index (χ4n) is 2.53. The summed E-state index contributed by atoms with van der Waals surface area (Å²) in [6.45, 7) is 0.427. The monoisotopic (exact) mass is 345 g/mol. The van der Waals surface area contributed by atoms with Crippen molar-refractivity contribution in [3.05, 3.63) is 39.4 Å². The van der Waals surface area contributed by atoms with Crippen LogP contribution in [0.25, 0.3) is 0 Å². The lowest BCUT2D eigenvalue weighted by Gasteiger charge is -2.23. The summed E-state index contributed by atoms with van der Waals surface area (Å²) in [6.07, 6.45) is -4.41. The third kappa shape index (κ3) is 3.17. The van der Waals surface area contributed by atoms with Crippen LogP contribution in [-0.4, -0.2) is 53.2 Å². The molecule has 1 atom stereocenters. The minimum Gasteiger partial charge on any atom is -0.344 e. The normalized spacial score (nSPS) is 18.0. The lowest BCUT2D eigenvalue weighted by molar-refractivity contribution is -0.385. The molecule has 0 radical (unpaired) electrons. The third-order valence-corrected chi connectivity index (χ3v) is 3.94. The Hall–Kier alpha value is -2.65. The summed E-state index contributed by atoms with van der Waals surface area (Å²) < 4.78 is 38.1. The summed E-state index contributed by atoms with van der Waals surface area (Å²) >= 11 is 0. The number of amides is 2. The van der Waals surface area contributed by atoms with Gasteiger partial charge in [-0.1, -0.05) is 0 Å². The zero-order chi connectivity index (χ0) is 18.2. The van der Waals surface area contributed by atoms with Crippen molar-refractivity contribution in [2.75, 3.05) is 20.6 Å². The Labute approximate surface area is 134 Å². The van der Waals surface area contributed by atoms with Gasteiger partial charge in [0.1, 0.15) is 11.6 Å². The van der Waals surface area contributed by atoms with Crippen molar-refractivity contribution in [3.8, 4) is 0 Å². The number of carbonyl (C=O) groups excluding carboxylic acids is 2. The Bertz CT molecular complexity index is 705. The van der Waals surface area contributed by atoms with Gasteiger partial charge in [0.2, 0.25) is 5.91 Å². The van der Waals surface area contributed by atoms with E-state index >= 15 is 0 Å². The molecule has 1 heterocycles. The lowest BCUT2D eigenvalue weighted by atomic mass is 10.1. The number of nitro groups is 1. The highest BCUT2D eigenvalue weighted by atomic mass is 19.4. The van der Waals surface area contributed by atoms with Gasteiger partial charge in [0.25, 0.3) is 11.6 Å². The van der Waals surface area contributed by atoms with Crippen molar-refractivity contribution in [1.29, 1.82) is 0 Å². The molecule has 2 amide bonds. The Morgan fingerprint density at radius 1 is 1.42 bits per heavy atom. The predicted molar refractivity (Wildman–Crippen MR) is 76.2 cm³/mol. The molecular formula is C14H14F3N3O4. The van der Waals surface area contributed by atoms with E-state index in [0.717, 1.165) is 11.0 Å². The van der Waals surface area contributed by atoms with E-state index in [0.29, 0.717) is 25.1 Å². The van der Waals surface area contributed by atoms with Crippen LogP contribution in [0.5, 0.6) is 0 Å². The summed E-state index contributed by atoms with van der Waals surface area (Å²) in [5, 5.41) is 11.1. The summed E-state index contributed by atoms with van der Waals surface area (Å²) in [5.74, 6) is -1.19. The highest BCUT2D eigenvalue weighted by molar-refractivity contribution is 6.00. The van der Waals surface area contributed by atoms with Gasteiger partial charge in [0.15, 0.2) is 0 Å². The maximum atomic E-state index is 12.7. The molecule has 0 N–H and O–H groups in total. The molecule has 0 spiro atoms. The van der Waals surface area contributed by atoms with Crippen LogP contribution in [0.1, 0.15) is 22.3 Å². The number of hydrogen-bond donors (Lipinski definition) is 0. The van der Waals surface area contributed by atoms with E-state index in [2.05, 4.69) is 0 Å². The van der Waals surface area contributed by atoms with Gasteiger partial charge in [0, 0.05) is 26.7 Å². The minimum atomic E-state index is -4.76. The van der Waals surface area contributed by atoms with Gasteiger partial charge >= 0.3 is 6.18 Å². The van der Waals surface area contributed by atoms with Crippen LogP contribution in [0.2, 0.25) is 0 Å². The third-order valence-electron chi connectivity index (χ3n) is 3.94. The van der Waals surface area contributed by atoms with Gasteiger partial charge in [-0.15, -0.1) is 0 Å². The van der Waals surface area contributed by atoms with Crippen LogP contribution in [0, 0.1) is 10.1 Å². The highest BCUT2D eigenvalue weighted by Crippen LogP contribution is 2.33. The number of nitro benzene ring substituents is 1. The maximum Gasteiger partial charge on any atom is 0.416 e. The Balaban J connectivity index is 2.39. The van der Waals surface area contributed by atoms with Crippen molar-refractivity contribution in [3.63, 3.8) is 0 Å².